The van der Waals surface area contributed by atoms with Crippen LogP contribution in [0.5, 0.6) is 0 Å². The smallest absolute Gasteiger partial charge is 0.266 e. The van der Waals surface area contributed by atoms with Crippen LogP contribution in [0.4, 0.5) is 0 Å². The van der Waals surface area contributed by atoms with E-state index in [1.54, 1.807) is 31.4 Å². The van der Waals surface area contributed by atoms with Gasteiger partial charge in [-0.3, -0.25) is 9.69 Å². The van der Waals surface area contributed by atoms with E-state index in [0.29, 0.717) is 38.0 Å². The van der Waals surface area contributed by atoms with Gasteiger partial charge in [0.15, 0.2) is 0 Å². The van der Waals surface area contributed by atoms with Crippen LogP contribution in [0.3, 0.4) is 0 Å². The Hall–Kier alpha value is -0.590. The molecule has 1 heterocycles. The van der Waals surface area contributed by atoms with Crippen molar-refractivity contribution in [3.8, 4) is 0 Å². The first kappa shape index (κ1) is 15.8. The molecule has 1 aromatic rings. The number of thioether (sulfide) groups is 1. The highest BCUT2D eigenvalue weighted by atomic mass is 35.5. The number of amides is 1. The van der Waals surface area contributed by atoms with Gasteiger partial charge in [0.2, 0.25) is 0 Å². The normalized spacial score (nSPS) is 17.4. The predicted octanol–water partition coefficient (Wildman–Crippen LogP) is 3.84. The van der Waals surface area contributed by atoms with Crippen LogP contribution in [0.1, 0.15) is 5.56 Å². The lowest BCUT2D eigenvalue weighted by Gasteiger charge is -2.12. The number of hydrogen-bond acceptors (Lipinski definition) is 4. The summed E-state index contributed by atoms with van der Waals surface area (Å²) in [5, 5.41) is 0.881. The topological polar surface area (TPSA) is 29.5 Å². The zero-order valence-electron chi connectivity index (χ0n) is 10.6. The van der Waals surface area contributed by atoms with E-state index in [1.807, 2.05) is 0 Å². The molecule has 0 bridgehead atoms. The standard InChI is InChI=1S/C13H11Cl2NO2S2/c1-18-6-5-16-12(17)10(20-13(16)19)7-8-3-2-4-9(14)11(8)15/h2-4,7H,5-6H2,1H3/b10-7-. The zero-order chi connectivity index (χ0) is 14.7. The molecule has 0 aromatic heterocycles. The molecule has 0 N–H and O–H groups in total. The van der Waals surface area contributed by atoms with Gasteiger partial charge in [0.05, 0.1) is 28.1 Å². The Morgan fingerprint density at radius 2 is 2.20 bits per heavy atom. The lowest BCUT2D eigenvalue weighted by Crippen LogP contribution is -2.31. The monoisotopic (exact) mass is 347 g/mol. The molecule has 2 rings (SSSR count). The van der Waals surface area contributed by atoms with Crippen LogP contribution in [0.25, 0.3) is 6.08 Å². The SMILES string of the molecule is COCCN1C(=O)/C(=C/c2cccc(Cl)c2Cl)SC1=S. The fourth-order valence-electron chi connectivity index (χ4n) is 1.65. The zero-order valence-corrected chi connectivity index (χ0v) is 13.7. The number of halogens is 2. The average molecular weight is 348 g/mol. The summed E-state index contributed by atoms with van der Waals surface area (Å²) in [5.74, 6) is -0.131. The van der Waals surface area contributed by atoms with Crippen molar-refractivity contribution in [2.24, 2.45) is 0 Å². The fraction of sp³-hybridized carbons (Fsp3) is 0.231. The molecule has 0 unspecified atom stereocenters. The molecule has 1 aromatic carbocycles. The lowest BCUT2D eigenvalue weighted by atomic mass is 10.2. The molecule has 0 atom stereocenters. The first-order valence-corrected chi connectivity index (χ1v) is 7.71. The summed E-state index contributed by atoms with van der Waals surface area (Å²) in [7, 11) is 1.58. The third-order valence-corrected chi connectivity index (χ3v) is 4.87. The molecule has 0 spiro atoms. The highest BCUT2D eigenvalue weighted by Gasteiger charge is 2.31. The molecular formula is C13H11Cl2NO2S2. The summed E-state index contributed by atoms with van der Waals surface area (Å²) in [6, 6.07) is 5.28. The maximum atomic E-state index is 12.2. The minimum atomic E-state index is -0.131. The maximum Gasteiger partial charge on any atom is 0.266 e. The number of carbonyl (C=O) groups excluding carboxylic acids is 1. The Balaban J connectivity index is 2.26. The van der Waals surface area contributed by atoms with E-state index in [2.05, 4.69) is 0 Å². The first-order chi connectivity index (χ1) is 9.54. The molecule has 106 valence electrons. The van der Waals surface area contributed by atoms with Gasteiger partial charge in [-0.2, -0.15) is 0 Å². The van der Waals surface area contributed by atoms with E-state index < -0.39 is 0 Å². The highest BCUT2D eigenvalue weighted by Crippen LogP contribution is 2.35. The molecule has 1 fully saturated rings. The van der Waals surface area contributed by atoms with Crippen LogP contribution >= 0.6 is 47.2 Å². The van der Waals surface area contributed by atoms with Gasteiger partial charge >= 0.3 is 0 Å². The third-order valence-electron chi connectivity index (χ3n) is 2.66. The van der Waals surface area contributed by atoms with E-state index in [0.717, 1.165) is 0 Å². The fourth-order valence-corrected chi connectivity index (χ4v) is 3.31. The summed E-state index contributed by atoms with van der Waals surface area (Å²) < 4.78 is 5.49. The molecule has 20 heavy (non-hydrogen) atoms. The average Bonchev–Trinajstić information content (AvgIpc) is 2.68. The molecule has 0 saturated carbocycles. The van der Waals surface area contributed by atoms with Gasteiger partial charge in [0, 0.05) is 7.11 Å². The second kappa shape index (κ2) is 6.91. The van der Waals surface area contributed by atoms with E-state index in [4.69, 9.17) is 40.2 Å². The summed E-state index contributed by atoms with van der Waals surface area (Å²) in [6.45, 7) is 0.888. The minimum Gasteiger partial charge on any atom is -0.383 e. The van der Waals surface area contributed by atoms with Gasteiger partial charge in [-0.05, 0) is 17.7 Å². The van der Waals surface area contributed by atoms with Crippen molar-refractivity contribution in [3.05, 3.63) is 38.7 Å². The largest absolute Gasteiger partial charge is 0.383 e. The lowest BCUT2D eigenvalue weighted by molar-refractivity contribution is -0.122. The van der Waals surface area contributed by atoms with Crippen molar-refractivity contribution >= 4 is 63.5 Å². The molecule has 1 aliphatic heterocycles. The second-order valence-electron chi connectivity index (χ2n) is 3.97. The van der Waals surface area contributed by atoms with Crippen molar-refractivity contribution in [1.29, 1.82) is 0 Å². The van der Waals surface area contributed by atoms with Crippen LogP contribution in [0.2, 0.25) is 10.0 Å². The highest BCUT2D eigenvalue weighted by molar-refractivity contribution is 8.26. The number of rotatable bonds is 4. The summed E-state index contributed by atoms with van der Waals surface area (Å²) in [5.41, 5.74) is 0.700. The van der Waals surface area contributed by atoms with Gasteiger partial charge in [0.1, 0.15) is 4.32 Å². The van der Waals surface area contributed by atoms with Crippen LogP contribution in [0.15, 0.2) is 23.1 Å². The molecule has 3 nitrogen and oxygen atoms in total. The second-order valence-corrected chi connectivity index (χ2v) is 6.43. The predicted molar refractivity (Wildman–Crippen MR) is 88.2 cm³/mol. The third kappa shape index (κ3) is 3.35. The van der Waals surface area contributed by atoms with Gasteiger partial charge in [-0.15, -0.1) is 0 Å². The molecular weight excluding hydrogens is 337 g/mol. The van der Waals surface area contributed by atoms with Crippen molar-refractivity contribution in [1.82, 2.24) is 4.90 Å². The number of nitrogens with zero attached hydrogens (tertiary/aromatic N) is 1. The minimum absolute atomic E-state index is 0.131. The van der Waals surface area contributed by atoms with E-state index in [1.165, 1.54) is 16.7 Å². The molecule has 1 saturated heterocycles. The molecule has 1 aliphatic rings. The summed E-state index contributed by atoms with van der Waals surface area (Å²) in [6.07, 6.45) is 1.71. The molecule has 0 radical (unpaired) electrons. The van der Waals surface area contributed by atoms with Crippen LogP contribution in [0, 0.1) is 0 Å². The van der Waals surface area contributed by atoms with Gasteiger partial charge in [0.25, 0.3) is 5.91 Å². The van der Waals surface area contributed by atoms with Crippen LogP contribution in [-0.4, -0.2) is 35.4 Å². The first-order valence-electron chi connectivity index (χ1n) is 5.73. The van der Waals surface area contributed by atoms with Gasteiger partial charge in [-0.25, -0.2) is 0 Å². The Bertz CT molecular complexity index is 590. The number of benzene rings is 1. The number of hydrogen-bond donors (Lipinski definition) is 0. The molecule has 0 aliphatic carbocycles. The van der Waals surface area contributed by atoms with E-state index >= 15 is 0 Å². The van der Waals surface area contributed by atoms with E-state index in [9.17, 15) is 4.79 Å². The van der Waals surface area contributed by atoms with Gasteiger partial charge in [-0.1, -0.05) is 59.3 Å². The Labute approximate surface area is 136 Å². The molecule has 1 amide bonds. The Morgan fingerprint density at radius 1 is 1.45 bits per heavy atom. The van der Waals surface area contributed by atoms with Crippen molar-refractivity contribution < 1.29 is 9.53 Å². The quantitative estimate of drug-likeness (QED) is 0.611. The number of ether oxygens (including phenoxy) is 1. The van der Waals surface area contributed by atoms with E-state index in [-0.39, 0.29) is 5.91 Å². The number of thiocarbonyl (C=S) groups is 1. The summed E-state index contributed by atoms with van der Waals surface area (Å²) >= 11 is 18.5. The number of carbonyl (C=O) groups is 1. The van der Waals surface area contributed by atoms with Crippen molar-refractivity contribution in [2.75, 3.05) is 20.3 Å². The van der Waals surface area contributed by atoms with Gasteiger partial charge < -0.3 is 4.74 Å². The van der Waals surface area contributed by atoms with Crippen LogP contribution < -0.4 is 0 Å². The maximum absolute atomic E-state index is 12.2. The van der Waals surface area contributed by atoms with Crippen LogP contribution in [-0.2, 0) is 9.53 Å². The molecule has 7 heteroatoms. The van der Waals surface area contributed by atoms with Crippen molar-refractivity contribution in [2.45, 2.75) is 0 Å². The van der Waals surface area contributed by atoms with Crippen molar-refractivity contribution in [3.63, 3.8) is 0 Å². The summed E-state index contributed by atoms with van der Waals surface area (Å²) in [4.78, 5) is 14.3. The Kier molecular flexibility index (Phi) is 5.46. The Morgan fingerprint density at radius 3 is 2.90 bits per heavy atom. The number of methoxy groups -OCH3 is 1.